The van der Waals surface area contributed by atoms with Crippen molar-refractivity contribution in [2.45, 2.75) is 48.2 Å². The molecule has 0 radical (unpaired) electrons. The number of rotatable bonds is 2. The minimum Gasteiger partial charge on any atom is -0.385 e. The molecule has 2 atom stereocenters. The summed E-state index contributed by atoms with van der Waals surface area (Å²) in [5.41, 5.74) is 1.39. The Hall–Kier alpha value is -0.910. The fourth-order valence-corrected chi connectivity index (χ4v) is 6.54. The SMILES string of the molecule is O=S1C2CCCC1CC(O)(c1ccc(N3CCOCC3)cc1)C2. The average molecular weight is 335 g/mol. The summed E-state index contributed by atoms with van der Waals surface area (Å²) in [5, 5.41) is 11.5. The zero-order chi connectivity index (χ0) is 15.9. The van der Waals surface area contributed by atoms with Gasteiger partial charge in [-0.2, -0.15) is 0 Å². The zero-order valence-electron chi connectivity index (χ0n) is 13.4. The summed E-state index contributed by atoms with van der Waals surface area (Å²) in [7, 11) is -0.747. The van der Waals surface area contributed by atoms with Crippen LogP contribution in [0.5, 0.6) is 0 Å². The van der Waals surface area contributed by atoms with Crippen LogP contribution in [0.25, 0.3) is 0 Å². The summed E-state index contributed by atoms with van der Waals surface area (Å²) in [6.45, 7) is 3.40. The van der Waals surface area contributed by atoms with E-state index < -0.39 is 16.4 Å². The van der Waals surface area contributed by atoms with Gasteiger partial charge in [0.25, 0.3) is 0 Å². The summed E-state index contributed by atoms with van der Waals surface area (Å²) in [6.07, 6.45) is 4.45. The van der Waals surface area contributed by atoms with Crippen molar-refractivity contribution in [3.8, 4) is 0 Å². The monoisotopic (exact) mass is 335 g/mol. The maximum atomic E-state index is 12.4. The Balaban J connectivity index is 1.54. The first kappa shape index (κ1) is 15.6. The van der Waals surface area contributed by atoms with Crippen LogP contribution in [-0.2, 0) is 21.1 Å². The number of fused-ring (bicyclic) bond motifs is 2. The van der Waals surface area contributed by atoms with Gasteiger partial charge in [-0.05, 0) is 43.4 Å². The first-order chi connectivity index (χ1) is 11.2. The van der Waals surface area contributed by atoms with Crippen LogP contribution < -0.4 is 4.90 Å². The van der Waals surface area contributed by atoms with Gasteiger partial charge in [-0.25, -0.2) is 0 Å². The molecule has 3 aliphatic heterocycles. The highest BCUT2D eigenvalue weighted by atomic mass is 32.2. The molecule has 0 aromatic heterocycles. The Morgan fingerprint density at radius 1 is 1.09 bits per heavy atom. The molecule has 3 fully saturated rings. The molecule has 5 heteroatoms. The number of benzene rings is 1. The van der Waals surface area contributed by atoms with Crippen molar-refractivity contribution in [3.05, 3.63) is 29.8 Å². The van der Waals surface area contributed by atoms with Crippen molar-refractivity contribution in [2.24, 2.45) is 0 Å². The molecule has 3 saturated heterocycles. The molecule has 0 spiro atoms. The number of aliphatic hydroxyl groups is 1. The lowest BCUT2D eigenvalue weighted by atomic mass is 9.80. The molecule has 1 aromatic carbocycles. The van der Waals surface area contributed by atoms with Crippen molar-refractivity contribution in [2.75, 3.05) is 31.2 Å². The molecular formula is C18H25NO3S. The van der Waals surface area contributed by atoms with E-state index in [1.54, 1.807) is 0 Å². The summed E-state index contributed by atoms with van der Waals surface area (Å²) >= 11 is 0. The summed E-state index contributed by atoms with van der Waals surface area (Å²) in [4.78, 5) is 2.32. The van der Waals surface area contributed by atoms with Crippen molar-refractivity contribution in [1.29, 1.82) is 0 Å². The van der Waals surface area contributed by atoms with Crippen LogP contribution in [0.3, 0.4) is 0 Å². The van der Waals surface area contributed by atoms with Crippen molar-refractivity contribution < 1.29 is 14.1 Å². The van der Waals surface area contributed by atoms with E-state index in [1.165, 1.54) is 5.69 Å². The first-order valence-corrected chi connectivity index (χ1v) is 9.98. The van der Waals surface area contributed by atoms with Gasteiger partial charge in [0.1, 0.15) is 0 Å². The highest BCUT2D eigenvalue weighted by Crippen LogP contribution is 2.44. The topological polar surface area (TPSA) is 49.8 Å². The molecule has 1 aromatic rings. The van der Waals surface area contributed by atoms with E-state index in [9.17, 15) is 9.32 Å². The number of morpholine rings is 1. The molecule has 0 saturated carbocycles. The molecule has 4 rings (SSSR count). The van der Waals surface area contributed by atoms with Gasteiger partial charge in [0.15, 0.2) is 0 Å². The zero-order valence-corrected chi connectivity index (χ0v) is 14.3. The average Bonchev–Trinajstić information content (AvgIpc) is 2.57. The van der Waals surface area contributed by atoms with E-state index in [-0.39, 0.29) is 10.5 Å². The minimum absolute atomic E-state index is 0.173. The van der Waals surface area contributed by atoms with Gasteiger partial charge in [0, 0.05) is 40.1 Å². The van der Waals surface area contributed by atoms with Gasteiger partial charge in [-0.15, -0.1) is 0 Å². The van der Waals surface area contributed by atoms with Crippen LogP contribution >= 0.6 is 0 Å². The number of anilines is 1. The standard InChI is InChI=1S/C18H25NO3S/c20-18(12-16-2-1-3-17(13-18)23(16)21)14-4-6-15(7-5-14)19-8-10-22-11-9-19/h4-7,16-17,20H,1-3,8-13H2. The summed E-state index contributed by atoms with van der Waals surface area (Å²) in [6, 6.07) is 8.35. The fourth-order valence-electron chi connectivity index (χ4n) is 4.32. The number of ether oxygens (including phenoxy) is 1. The summed E-state index contributed by atoms with van der Waals surface area (Å²) < 4.78 is 17.8. The number of nitrogens with zero attached hydrogens (tertiary/aromatic N) is 1. The third kappa shape index (κ3) is 2.94. The molecule has 3 aliphatic rings. The van der Waals surface area contributed by atoms with Crippen LogP contribution in [0.1, 0.15) is 37.7 Å². The van der Waals surface area contributed by atoms with Crippen LogP contribution in [0, 0.1) is 0 Å². The highest BCUT2D eigenvalue weighted by Gasteiger charge is 2.46. The van der Waals surface area contributed by atoms with E-state index >= 15 is 0 Å². The number of hydrogen-bond acceptors (Lipinski definition) is 4. The van der Waals surface area contributed by atoms with E-state index in [2.05, 4.69) is 29.2 Å². The van der Waals surface area contributed by atoms with E-state index in [0.29, 0.717) is 12.8 Å². The predicted octanol–water partition coefficient (Wildman–Crippen LogP) is 2.17. The highest BCUT2D eigenvalue weighted by molar-refractivity contribution is 7.86. The first-order valence-electron chi connectivity index (χ1n) is 8.71. The molecule has 3 heterocycles. The second-order valence-corrected chi connectivity index (χ2v) is 9.08. The molecule has 2 unspecified atom stereocenters. The lowest BCUT2D eigenvalue weighted by molar-refractivity contribution is 0.00655. The molecule has 126 valence electrons. The van der Waals surface area contributed by atoms with Gasteiger partial charge in [-0.1, -0.05) is 18.6 Å². The Morgan fingerprint density at radius 2 is 1.70 bits per heavy atom. The third-order valence-electron chi connectivity index (χ3n) is 5.62. The molecule has 1 N–H and O–H groups in total. The fraction of sp³-hybridized carbons (Fsp3) is 0.667. The van der Waals surface area contributed by atoms with E-state index in [0.717, 1.165) is 51.1 Å². The maximum Gasteiger partial charge on any atom is 0.0919 e. The van der Waals surface area contributed by atoms with Crippen molar-refractivity contribution in [3.63, 3.8) is 0 Å². The van der Waals surface area contributed by atoms with Gasteiger partial charge in [0.2, 0.25) is 0 Å². The quantitative estimate of drug-likeness (QED) is 0.900. The minimum atomic E-state index is -0.798. The van der Waals surface area contributed by atoms with Crippen LogP contribution in [0.2, 0.25) is 0 Å². The molecule has 0 aliphatic carbocycles. The molecule has 2 bridgehead atoms. The normalized spacial score (nSPS) is 37.6. The molecule has 23 heavy (non-hydrogen) atoms. The second-order valence-electron chi connectivity index (χ2n) is 7.09. The van der Waals surface area contributed by atoms with Gasteiger partial charge in [0.05, 0.1) is 18.8 Å². The Kier molecular flexibility index (Phi) is 4.20. The lowest BCUT2D eigenvalue weighted by Gasteiger charge is -2.44. The maximum absolute atomic E-state index is 12.4. The Bertz CT molecular complexity index is 566. The second kappa shape index (κ2) is 6.19. The Morgan fingerprint density at radius 3 is 2.30 bits per heavy atom. The van der Waals surface area contributed by atoms with E-state index in [1.807, 2.05) is 0 Å². The summed E-state index contributed by atoms with van der Waals surface area (Å²) in [5.74, 6) is 0. The van der Waals surface area contributed by atoms with Crippen LogP contribution in [-0.4, -0.2) is 46.1 Å². The van der Waals surface area contributed by atoms with E-state index in [4.69, 9.17) is 4.74 Å². The Labute approximate surface area is 140 Å². The molecular weight excluding hydrogens is 310 g/mol. The van der Waals surface area contributed by atoms with Gasteiger partial charge in [-0.3, -0.25) is 4.21 Å². The van der Waals surface area contributed by atoms with Crippen LogP contribution in [0.4, 0.5) is 5.69 Å². The third-order valence-corrected chi connectivity index (χ3v) is 7.74. The molecule has 0 amide bonds. The van der Waals surface area contributed by atoms with Gasteiger partial charge < -0.3 is 14.7 Å². The lowest BCUT2D eigenvalue weighted by Crippen LogP contribution is -2.47. The number of hydrogen-bond donors (Lipinski definition) is 1. The largest absolute Gasteiger partial charge is 0.385 e. The van der Waals surface area contributed by atoms with Gasteiger partial charge >= 0.3 is 0 Å². The van der Waals surface area contributed by atoms with Crippen LogP contribution in [0.15, 0.2) is 24.3 Å². The van der Waals surface area contributed by atoms with Crippen molar-refractivity contribution in [1.82, 2.24) is 0 Å². The molecule has 4 nitrogen and oxygen atoms in total. The smallest absolute Gasteiger partial charge is 0.0919 e. The predicted molar refractivity (Wildman–Crippen MR) is 92.2 cm³/mol. The van der Waals surface area contributed by atoms with Crippen molar-refractivity contribution >= 4 is 16.5 Å².